The summed E-state index contributed by atoms with van der Waals surface area (Å²) in [5.41, 5.74) is 0. The first-order chi connectivity index (χ1) is 13.8. The quantitative estimate of drug-likeness (QED) is 0.228. The predicted molar refractivity (Wildman–Crippen MR) is 112 cm³/mol. The van der Waals surface area contributed by atoms with E-state index in [1.54, 1.807) is 21.3 Å². The number of hydrogen-bond acceptors (Lipinski definition) is 7. The molecule has 0 saturated carbocycles. The SMILES string of the molecule is COCCOCCCCN(CCCCOCCOC)CCCCOCCOC. The van der Waals surface area contributed by atoms with Gasteiger partial charge in [-0.2, -0.15) is 0 Å². The van der Waals surface area contributed by atoms with E-state index in [1.165, 1.54) is 19.3 Å². The summed E-state index contributed by atoms with van der Waals surface area (Å²) in [6, 6.07) is 0. The van der Waals surface area contributed by atoms with Crippen molar-refractivity contribution in [2.75, 3.05) is 100 Å². The Labute approximate surface area is 172 Å². The van der Waals surface area contributed by atoms with Gasteiger partial charge in [0.05, 0.1) is 39.6 Å². The van der Waals surface area contributed by atoms with E-state index >= 15 is 0 Å². The van der Waals surface area contributed by atoms with Crippen LogP contribution in [0.1, 0.15) is 38.5 Å². The summed E-state index contributed by atoms with van der Waals surface area (Å²) >= 11 is 0. The van der Waals surface area contributed by atoms with Crippen molar-refractivity contribution < 1.29 is 28.4 Å². The molecule has 0 aliphatic carbocycles. The molecule has 0 amide bonds. The maximum absolute atomic E-state index is 5.55. The maximum atomic E-state index is 5.55. The Bertz CT molecular complexity index is 241. The largest absolute Gasteiger partial charge is 0.382 e. The Hall–Kier alpha value is -0.280. The average Bonchev–Trinajstić information content (AvgIpc) is 2.71. The Kier molecular flexibility index (Phi) is 24.5. The molecule has 7 heteroatoms. The van der Waals surface area contributed by atoms with Crippen LogP contribution in [0.4, 0.5) is 0 Å². The molecule has 0 radical (unpaired) electrons. The zero-order valence-electron chi connectivity index (χ0n) is 18.6. The van der Waals surface area contributed by atoms with Crippen molar-refractivity contribution in [3.8, 4) is 0 Å². The molecule has 7 nitrogen and oxygen atoms in total. The Morgan fingerprint density at radius 1 is 0.393 bits per heavy atom. The van der Waals surface area contributed by atoms with E-state index in [9.17, 15) is 0 Å². The highest BCUT2D eigenvalue weighted by atomic mass is 16.5. The molecule has 0 spiro atoms. The molecule has 0 aliphatic heterocycles. The van der Waals surface area contributed by atoms with Crippen LogP contribution in [0.2, 0.25) is 0 Å². The first kappa shape index (κ1) is 27.7. The second-order valence-electron chi connectivity index (χ2n) is 6.78. The van der Waals surface area contributed by atoms with Crippen molar-refractivity contribution in [1.29, 1.82) is 0 Å². The molecular formula is C21H45NO6. The fraction of sp³-hybridized carbons (Fsp3) is 1.00. The molecule has 0 atom stereocenters. The number of methoxy groups -OCH3 is 3. The summed E-state index contributed by atoms with van der Waals surface area (Å²) < 4.78 is 31.6. The van der Waals surface area contributed by atoms with E-state index in [4.69, 9.17) is 28.4 Å². The Balaban J connectivity index is 3.80. The smallest absolute Gasteiger partial charge is 0.0700 e. The zero-order chi connectivity index (χ0) is 20.5. The lowest BCUT2D eigenvalue weighted by molar-refractivity contribution is 0.0640. The van der Waals surface area contributed by atoms with Crippen LogP contribution >= 0.6 is 0 Å². The van der Waals surface area contributed by atoms with Crippen LogP contribution in [0.3, 0.4) is 0 Å². The summed E-state index contributed by atoms with van der Waals surface area (Å²) in [7, 11) is 5.10. The van der Waals surface area contributed by atoms with Crippen LogP contribution in [0.5, 0.6) is 0 Å². The van der Waals surface area contributed by atoms with Crippen LogP contribution in [-0.4, -0.2) is 105 Å². The van der Waals surface area contributed by atoms with Gasteiger partial charge >= 0.3 is 0 Å². The second kappa shape index (κ2) is 24.8. The third-order valence-electron chi connectivity index (χ3n) is 4.33. The van der Waals surface area contributed by atoms with Crippen molar-refractivity contribution in [2.24, 2.45) is 0 Å². The van der Waals surface area contributed by atoms with Crippen LogP contribution in [-0.2, 0) is 28.4 Å². The van der Waals surface area contributed by atoms with Crippen molar-refractivity contribution in [3.05, 3.63) is 0 Å². The molecule has 0 saturated heterocycles. The van der Waals surface area contributed by atoms with Gasteiger partial charge in [0.2, 0.25) is 0 Å². The molecule has 28 heavy (non-hydrogen) atoms. The zero-order valence-corrected chi connectivity index (χ0v) is 18.6. The summed E-state index contributed by atoms with van der Waals surface area (Å²) in [4.78, 5) is 2.57. The second-order valence-corrected chi connectivity index (χ2v) is 6.78. The van der Waals surface area contributed by atoms with Gasteiger partial charge < -0.3 is 33.3 Å². The van der Waals surface area contributed by atoms with Crippen LogP contribution in [0.15, 0.2) is 0 Å². The van der Waals surface area contributed by atoms with Crippen LogP contribution in [0, 0.1) is 0 Å². The normalized spacial score (nSPS) is 11.6. The van der Waals surface area contributed by atoms with Gasteiger partial charge in [-0.25, -0.2) is 0 Å². The molecule has 0 heterocycles. The minimum absolute atomic E-state index is 0.672. The maximum Gasteiger partial charge on any atom is 0.0700 e. The number of unbranched alkanes of at least 4 members (excludes halogenated alkanes) is 3. The molecule has 0 aromatic heterocycles. The minimum atomic E-state index is 0.672. The lowest BCUT2D eigenvalue weighted by Gasteiger charge is -2.22. The Morgan fingerprint density at radius 3 is 1.00 bits per heavy atom. The lowest BCUT2D eigenvalue weighted by Crippen LogP contribution is -2.28. The summed E-state index contributed by atoms with van der Waals surface area (Å²) in [6.07, 6.45) is 6.80. The first-order valence-electron chi connectivity index (χ1n) is 10.8. The molecular weight excluding hydrogens is 362 g/mol. The van der Waals surface area contributed by atoms with Gasteiger partial charge in [-0.05, 0) is 58.2 Å². The highest BCUT2D eigenvalue weighted by Gasteiger charge is 2.05. The van der Waals surface area contributed by atoms with Gasteiger partial charge in [0.15, 0.2) is 0 Å². The van der Waals surface area contributed by atoms with E-state index in [0.717, 1.165) is 58.7 Å². The van der Waals surface area contributed by atoms with E-state index in [2.05, 4.69) is 4.90 Å². The first-order valence-corrected chi connectivity index (χ1v) is 10.8. The summed E-state index contributed by atoms with van der Waals surface area (Å²) in [5, 5.41) is 0. The molecule has 0 unspecified atom stereocenters. The van der Waals surface area contributed by atoms with Crippen molar-refractivity contribution in [3.63, 3.8) is 0 Å². The topological polar surface area (TPSA) is 58.6 Å². The van der Waals surface area contributed by atoms with Gasteiger partial charge in [-0.1, -0.05) is 0 Å². The number of ether oxygens (including phenoxy) is 6. The molecule has 0 aliphatic rings. The van der Waals surface area contributed by atoms with Crippen molar-refractivity contribution in [1.82, 2.24) is 4.90 Å². The Morgan fingerprint density at radius 2 is 0.714 bits per heavy atom. The fourth-order valence-electron chi connectivity index (χ4n) is 2.69. The van der Waals surface area contributed by atoms with E-state index in [0.29, 0.717) is 39.6 Å². The van der Waals surface area contributed by atoms with Gasteiger partial charge in [-0.3, -0.25) is 0 Å². The summed E-state index contributed by atoms with van der Waals surface area (Å²) in [6.45, 7) is 9.91. The summed E-state index contributed by atoms with van der Waals surface area (Å²) in [5.74, 6) is 0. The molecule has 0 fully saturated rings. The molecule has 0 aromatic carbocycles. The fourth-order valence-corrected chi connectivity index (χ4v) is 2.69. The van der Waals surface area contributed by atoms with Gasteiger partial charge in [0.25, 0.3) is 0 Å². The molecule has 0 N–H and O–H groups in total. The van der Waals surface area contributed by atoms with Gasteiger partial charge in [-0.15, -0.1) is 0 Å². The van der Waals surface area contributed by atoms with Crippen LogP contribution in [0.25, 0.3) is 0 Å². The monoisotopic (exact) mass is 407 g/mol. The van der Waals surface area contributed by atoms with Gasteiger partial charge in [0, 0.05) is 41.2 Å². The van der Waals surface area contributed by atoms with Gasteiger partial charge in [0.1, 0.15) is 0 Å². The molecule has 0 rings (SSSR count). The van der Waals surface area contributed by atoms with E-state index < -0.39 is 0 Å². The van der Waals surface area contributed by atoms with Crippen molar-refractivity contribution in [2.45, 2.75) is 38.5 Å². The molecule has 0 aromatic rings. The highest BCUT2D eigenvalue weighted by Crippen LogP contribution is 2.03. The predicted octanol–water partition coefficient (Wildman–Crippen LogP) is 2.62. The standard InChI is InChI=1S/C21H45NO6/c1-23-16-19-26-13-7-4-10-22(11-5-8-14-27-20-17-24-2)12-6-9-15-28-21-18-25-3/h4-21H2,1-3H3. The number of nitrogens with zero attached hydrogens (tertiary/aromatic N) is 1. The van der Waals surface area contributed by atoms with Crippen molar-refractivity contribution >= 4 is 0 Å². The van der Waals surface area contributed by atoms with Crippen LogP contribution < -0.4 is 0 Å². The average molecular weight is 408 g/mol. The van der Waals surface area contributed by atoms with E-state index in [1.807, 2.05) is 0 Å². The van der Waals surface area contributed by atoms with E-state index in [-0.39, 0.29) is 0 Å². The third kappa shape index (κ3) is 22.0. The number of rotatable bonds is 24. The lowest BCUT2D eigenvalue weighted by atomic mass is 10.2. The third-order valence-corrected chi connectivity index (χ3v) is 4.33. The molecule has 0 bridgehead atoms. The minimum Gasteiger partial charge on any atom is -0.382 e. The highest BCUT2D eigenvalue weighted by molar-refractivity contribution is 4.59. The number of hydrogen-bond donors (Lipinski definition) is 0. The molecule has 170 valence electrons.